The molecule has 0 amide bonds. The first-order valence-corrected chi connectivity index (χ1v) is 7.59. The Balaban J connectivity index is 2.20. The van der Waals surface area contributed by atoms with Crippen molar-refractivity contribution >= 4 is 16.0 Å². The van der Waals surface area contributed by atoms with E-state index in [0.717, 1.165) is 0 Å². The van der Waals surface area contributed by atoms with Crippen LogP contribution in [0.15, 0.2) is 17.0 Å². The molecule has 0 aromatic heterocycles. The molecule has 1 saturated carbocycles. The second kappa shape index (κ2) is 5.64. The van der Waals surface area contributed by atoms with Gasteiger partial charge in [-0.3, -0.25) is 4.79 Å². The minimum absolute atomic E-state index is 0.0693. The molecule has 0 spiro atoms. The molecule has 2 N–H and O–H groups in total. The molecule has 2 rings (SSSR count). The molecule has 2 atom stereocenters. The molecule has 0 saturated heterocycles. The van der Waals surface area contributed by atoms with Crippen molar-refractivity contribution in [2.24, 2.45) is 5.92 Å². The summed E-state index contributed by atoms with van der Waals surface area (Å²) in [4.78, 5) is 9.79. The lowest BCUT2D eigenvalue weighted by molar-refractivity contribution is -0.141. The van der Waals surface area contributed by atoms with E-state index in [9.17, 15) is 26.4 Å². The van der Waals surface area contributed by atoms with E-state index in [1.54, 1.807) is 0 Å². The van der Waals surface area contributed by atoms with E-state index in [2.05, 4.69) is 4.72 Å². The van der Waals surface area contributed by atoms with Gasteiger partial charge in [-0.25, -0.2) is 26.3 Å². The van der Waals surface area contributed by atoms with E-state index in [-0.39, 0.29) is 12.8 Å². The van der Waals surface area contributed by atoms with Gasteiger partial charge in [-0.1, -0.05) is 0 Å². The molecular formula is C12H12F3NO4S. The molecule has 1 aliphatic carbocycles. The summed E-state index contributed by atoms with van der Waals surface area (Å²) in [5, 5.41) is 8.83. The lowest BCUT2D eigenvalue weighted by Crippen LogP contribution is -2.34. The standard InChI is InChI=1S/C12H12F3NO4S/c13-8-3-4-9(11(15)10(8)14)21(19,20)16-7-2-1-6(5-7)12(17)18/h3-4,6-7,16H,1-2,5H2,(H,17,18). The highest BCUT2D eigenvalue weighted by atomic mass is 32.2. The molecule has 0 radical (unpaired) electrons. The van der Waals surface area contributed by atoms with Gasteiger partial charge in [0.2, 0.25) is 10.0 Å². The molecule has 9 heteroatoms. The number of nitrogens with one attached hydrogen (secondary N) is 1. The molecule has 21 heavy (non-hydrogen) atoms. The molecule has 1 aliphatic rings. The van der Waals surface area contributed by atoms with Crippen molar-refractivity contribution in [1.29, 1.82) is 0 Å². The Hall–Kier alpha value is -1.61. The van der Waals surface area contributed by atoms with Crippen molar-refractivity contribution in [1.82, 2.24) is 4.72 Å². The third kappa shape index (κ3) is 3.18. The maximum Gasteiger partial charge on any atom is 0.306 e. The molecule has 1 fully saturated rings. The van der Waals surface area contributed by atoms with Crippen LogP contribution in [0.3, 0.4) is 0 Å². The molecule has 0 bridgehead atoms. The highest BCUT2D eigenvalue weighted by molar-refractivity contribution is 7.89. The van der Waals surface area contributed by atoms with Crippen molar-refractivity contribution in [2.45, 2.75) is 30.2 Å². The Bertz CT molecular complexity index is 677. The lowest BCUT2D eigenvalue weighted by atomic mass is 10.1. The van der Waals surface area contributed by atoms with Gasteiger partial charge >= 0.3 is 5.97 Å². The maximum atomic E-state index is 13.5. The second-order valence-corrected chi connectivity index (χ2v) is 6.52. The van der Waals surface area contributed by atoms with E-state index >= 15 is 0 Å². The summed E-state index contributed by atoms with van der Waals surface area (Å²) < 4.78 is 65.4. The van der Waals surface area contributed by atoms with Crippen molar-refractivity contribution in [2.75, 3.05) is 0 Å². The summed E-state index contributed by atoms with van der Waals surface area (Å²) >= 11 is 0. The molecular weight excluding hydrogens is 311 g/mol. The minimum Gasteiger partial charge on any atom is -0.481 e. The number of hydrogen-bond donors (Lipinski definition) is 2. The number of carboxylic acids is 1. The molecule has 0 aliphatic heterocycles. The summed E-state index contributed by atoms with van der Waals surface area (Å²) in [6, 6.07) is 0.463. The van der Waals surface area contributed by atoms with Crippen LogP contribution in [-0.4, -0.2) is 25.5 Å². The van der Waals surface area contributed by atoms with Gasteiger partial charge in [0.1, 0.15) is 4.90 Å². The number of halogens is 3. The Morgan fingerprint density at radius 1 is 1.19 bits per heavy atom. The summed E-state index contributed by atoms with van der Waals surface area (Å²) in [5.74, 6) is -6.86. The predicted octanol–water partition coefficient (Wildman–Crippen LogP) is 1.64. The van der Waals surface area contributed by atoms with E-state index in [0.29, 0.717) is 18.6 Å². The van der Waals surface area contributed by atoms with E-state index in [1.807, 2.05) is 0 Å². The Kier molecular flexibility index (Phi) is 4.24. The number of carbonyl (C=O) groups is 1. The van der Waals surface area contributed by atoms with Crippen LogP contribution in [0, 0.1) is 23.4 Å². The number of rotatable bonds is 4. The van der Waals surface area contributed by atoms with Gasteiger partial charge in [-0.15, -0.1) is 0 Å². The van der Waals surface area contributed by atoms with E-state index in [4.69, 9.17) is 5.11 Å². The average molecular weight is 323 g/mol. The zero-order valence-corrected chi connectivity index (χ0v) is 11.5. The highest BCUT2D eigenvalue weighted by Crippen LogP contribution is 2.28. The SMILES string of the molecule is O=C(O)C1CCC(NS(=O)(=O)c2ccc(F)c(F)c2F)C1. The van der Waals surface area contributed by atoms with E-state index in [1.165, 1.54) is 0 Å². The van der Waals surface area contributed by atoms with Crippen LogP contribution in [0.4, 0.5) is 13.2 Å². The summed E-state index contributed by atoms with van der Waals surface area (Å²) in [5.41, 5.74) is 0. The number of aliphatic carboxylic acids is 1. The van der Waals surface area contributed by atoms with Gasteiger partial charge < -0.3 is 5.11 Å². The van der Waals surface area contributed by atoms with Crippen molar-refractivity contribution in [3.05, 3.63) is 29.6 Å². The van der Waals surface area contributed by atoms with Gasteiger partial charge in [0.25, 0.3) is 0 Å². The Morgan fingerprint density at radius 3 is 2.43 bits per heavy atom. The topological polar surface area (TPSA) is 83.5 Å². The fourth-order valence-electron chi connectivity index (χ4n) is 2.31. The van der Waals surface area contributed by atoms with Crippen LogP contribution in [0.5, 0.6) is 0 Å². The number of hydrogen-bond acceptors (Lipinski definition) is 3. The highest BCUT2D eigenvalue weighted by Gasteiger charge is 2.33. The van der Waals surface area contributed by atoms with Crippen LogP contribution in [0.25, 0.3) is 0 Å². The second-order valence-electron chi connectivity index (χ2n) is 4.84. The third-order valence-electron chi connectivity index (χ3n) is 3.39. The Morgan fingerprint density at radius 2 is 1.86 bits per heavy atom. The summed E-state index contributed by atoms with van der Waals surface area (Å²) in [6.45, 7) is 0. The van der Waals surface area contributed by atoms with Crippen LogP contribution in [-0.2, 0) is 14.8 Å². The Labute approximate surface area is 118 Å². The smallest absolute Gasteiger partial charge is 0.306 e. The molecule has 0 heterocycles. The molecule has 1 aromatic carbocycles. The normalized spacial score (nSPS) is 22.4. The number of benzene rings is 1. The zero-order chi connectivity index (χ0) is 15.8. The first-order valence-electron chi connectivity index (χ1n) is 6.11. The quantitative estimate of drug-likeness (QED) is 0.825. The van der Waals surface area contributed by atoms with Gasteiger partial charge in [0.15, 0.2) is 17.5 Å². The van der Waals surface area contributed by atoms with Crippen LogP contribution >= 0.6 is 0 Å². The van der Waals surface area contributed by atoms with Gasteiger partial charge in [-0.2, -0.15) is 0 Å². The van der Waals surface area contributed by atoms with Crippen LogP contribution in [0.2, 0.25) is 0 Å². The largest absolute Gasteiger partial charge is 0.481 e. The van der Waals surface area contributed by atoms with Crippen molar-refractivity contribution in [3.8, 4) is 0 Å². The summed E-state index contributed by atoms with van der Waals surface area (Å²) in [6.07, 6.45) is 0.643. The molecule has 116 valence electrons. The van der Waals surface area contributed by atoms with Gasteiger partial charge in [-0.05, 0) is 31.4 Å². The van der Waals surface area contributed by atoms with Crippen LogP contribution in [0.1, 0.15) is 19.3 Å². The fraction of sp³-hybridized carbons (Fsp3) is 0.417. The fourth-order valence-corrected chi connectivity index (χ4v) is 3.66. The zero-order valence-electron chi connectivity index (χ0n) is 10.6. The van der Waals surface area contributed by atoms with Crippen molar-refractivity contribution in [3.63, 3.8) is 0 Å². The molecule has 5 nitrogen and oxygen atoms in total. The summed E-state index contributed by atoms with van der Waals surface area (Å²) in [7, 11) is -4.39. The first kappa shape index (κ1) is 15.8. The van der Waals surface area contributed by atoms with Crippen molar-refractivity contribution < 1.29 is 31.5 Å². The lowest BCUT2D eigenvalue weighted by Gasteiger charge is -2.13. The number of carboxylic acid groups (broad SMARTS) is 1. The van der Waals surface area contributed by atoms with Gasteiger partial charge in [0.05, 0.1) is 5.92 Å². The minimum atomic E-state index is -4.39. The molecule has 2 unspecified atom stereocenters. The van der Waals surface area contributed by atoms with E-state index < -0.39 is 50.3 Å². The number of sulfonamides is 1. The maximum absolute atomic E-state index is 13.5. The monoisotopic (exact) mass is 323 g/mol. The third-order valence-corrected chi connectivity index (χ3v) is 4.93. The van der Waals surface area contributed by atoms with Crippen LogP contribution < -0.4 is 4.72 Å². The van der Waals surface area contributed by atoms with Gasteiger partial charge in [0, 0.05) is 6.04 Å². The first-order chi connectivity index (χ1) is 9.72. The predicted molar refractivity (Wildman–Crippen MR) is 65.4 cm³/mol. The average Bonchev–Trinajstić information content (AvgIpc) is 2.83. The molecule has 1 aromatic rings.